The number of hydrogen-bond acceptors (Lipinski definition) is 4. The first kappa shape index (κ1) is 14.1. The number of amides is 1. The highest BCUT2D eigenvalue weighted by molar-refractivity contribution is 5.80. The van der Waals surface area contributed by atoms with Crippen LogP contribution in [0.25, 0.3) is 10.4 Å². The van der Waals surface area contributed by atoms with Crippen LogP contribution in [-0.4, -0.2) is 35.4 Å². The normalized spacial score (nSPS) is 12.2. The van der Waals surface area contributed by atoms with Gasteiger partial charge in [-0.2, -0.15) is 0 Å². The summed E-state index contributed by atoms with van der Waals surface area (Å²) in [5, 5.41) is 13.8. The maximum atomic E-state index is 11.2. The van der Waals surface area contributed by atoms with Crippen LogP contribution in [0.3, 0.4) is 0 Å². The summed E-state index contributed by atoms with van der Waals surface area (Å²) in [6.45, 7) is 4.58. The van der Waals surface area contributed by atoms with Crippen molar-refractivity contribution < 1.29 is 19.4 Å². The van der Waals surface area contributed by atoms with E-state index in [0.29, 0.717) is 0 Å². The van der Waals surface area contributed by atoms with Crippen LogP contribution in [0.15, 0.2) is 5.11 Å². The van der Waals surface area contributed by atoms with Crippen molar-refractivity contribution in [2.75, 3.05) is 6.54 Å². The van der Waals surface area contributed by atoms with Gasteiger partial charge in [-0.3, -0.25) is 0 Å². The standard InChI is InChI=1S/C8H14N4O4/c1-8(2,3)16-7(15)11-5(6(13)14)4-10-12-9/h5H,4H2,1-3H3,(H,11,15)(H,13,14). The van der Waals surface area contributed by atoms with Gasteiger partial charge < -0.3 is 15.2 Å². The van der Waals surface area contributed by atoms with Crippen molar-refractivity contribution in [3.05, 3.63) is 10.4 Å². The minimum Gasteiger partial charge on any atom is -0.480 e. The largest absolute Gasteiger partial charge is 0.480 e. The second kappa shape index (κ2) is 5.82. The van der Waals surface area contributed by atoms with Crippen molar-refractivity contribution in [3.8, 4) is 0 Å². The smallest absolute Gasteiger partial charge is 0.408 e. The lowest BCUT2D eigenvalue weighted by molar-refractivity contribution is -0.139. The van der Waals surface area contributed by atoms with E-state index in [2.05, 4.69) is 15.3 Å². The average molecular weight is 230 g/mol. The quantitative estimate of drug-likeness (QED) is 0.428. The second-order valence-electron chi connectivity index (χ2n) is 3.95. The molecule has 0 aromatic rings. The zero-order valence-electron chi connectivity index (χ0n) is 9.30. The molecule has 8 nitrogen and oxygen atoms in total. The highest BCUT2D eigenvalue weighted by atomic mass is 16.6. The molecule has 0 aliphatic heterocycles. The SMILES string of the molecule is CC(C)(C)OC(=O)NC(CN=[N+]=[N-])C(=O)O. The molecule has 0 radical (unpaired) electrons. The molecule has 8 heteroatoms. The molecule has 0 rings (SSSR count). The number of nitrogens with zero attached hydrogens (tertiary/aromatic N) is 3. The Balaban J connectivity index is 4.35. The number of nitrogens with one attached hydrogen (secondary N) is 1. The Bertz CT molecular complexity index is 316. The van der Waals surface area contributed by atoms with E-state index in [-0.39, 0.29) is 6.54 Å². The van der Waals surface area contributed by atoms with Gasteiger partial charge in [0.2, 0.25) is 0 Å². The maximum Gasteiger partial charge on any atom is 0.408 e. The molecule has 1 unspecified atom stereocenters. The summed E-state index contributed by atoms with van der Waals surface area (Å²) in [7, 11) is 0. The molecule has 90 valence electrons. The van der Waals surface area contributed by atoms with Crippen molar-refractivity contribution in [1.82, 2.24) is 5.32 Å². The van der Waals surface area contributed by atoms with Gasteiger partial charge in [0.1, 0.15) is 11.6 Å². The maximum absolute atomic E-state index is 11.2. The number of hydrogen-bond donors (Lipinski definition) is 2. The van der Waals surface area contributed by atoms with Gasteiger partial charge in [0.25, 0.3) is 0 Å². The van der Waals surface area contributed by atoms with E-state index in [9.17, 15) is 9.59 Å². The Morgan fingerprint density at radius 2 is 2.12 bits per heavy atom. The van der Waals surface area contributed by atoms with Crippen molar-refractivity contribution in [1.29, 1.82) is 0 Å². The lowest BCUT2D eigenvalue weighted by Gasteiger charge is -2.21. The molecule has 0 fully saturated rings. The third kappa shape index (κ3) is 6.50. The van der Waals surface area contributed by atoms with Crippen LogP contribution in [0.4, 0.5) is 4.79 Å². The molecular weight excluding hydrogens is 216 g/mol. The molecule has 0 aliphatic carbocycles. The molecule has 16 heavy (non-hydrogen) atoms. The molecule has 0 aliphatic rings. The van der Waals surface area contributed by atoms with Crippen LogP contribution in [0.5, 0.6) is 0 Å². The molecule has 1 amide bonds. The Kier molecular flexibility index (Phi) is 5.11. The van der Waals surface area contributed by atoms with E-state index >= 15 is 0 Å². The third-order valence-corrected chi connectivity index (χ3v) is 1.32. The Morgan fingerprint density at radius 1 is 1.56 bits per heavy atom. The monoisotopic (exact) mass is 230 g/mol. The lowest BCUT2D eigenvalue weighted by Crippen LogP contribution is -2.45. The van der Waals surface area contributed by atoms with Crippen LogP contribution >= 0.6 is 0 Å². The lowest BCUT2D eigenvalue weighted by atomic mass is 10.2. The number of azide groups is 1. The number of carbonyl (C=O) groups excluding carboxylic acids is 1. The van der Waals surface area contributed by atoms with Crippen LogP contribution in [0.1, 0.15) is 20.8 Å². The van der Waals surface area contributed by atoms with E-state index < -0.39 is 23.7 Å². The number of ether oxygens (including phenoxy) is 1. The molecule has 0 spiro atoms. The van der Waals surface area contributed by atoms with Gasteiger partial charge in [0, 0.05) is 4.91 Å². The van der Waals surface area contributed by atoms with Gasteiger partial charge in [-0.05, 0) is 26.3 Å². The van der Waals surface area contributed by atoms with Crippen LogP contribution in [0, 0.1) is 0 Å². The molecule has 0 aromatic heterocycles. The van der Waals surface area contributed by atoms with Crippen molar-refractivity contribution >= 4 is 12.1 Å². The van der Waals surface area contributed by atoms with E-state index in [1.54, 1.807) is 20.8 Å². The Hall–Kier alpha value is -1.95. The molecule has 2 N–H and O–H groups in total. The minimum absolute atomic E-state index is 0.370. The van der Waals surface area contributed by atoms with Crippen molar-refractivity contribution in [3.63, 3.8) is 0 Å². The van der Waals surface area contributed by atoms with E-state index in [1.807, 2.05) is 0 Å². The second-order valence-corrected chi connectivity index (χ2v) is 3.95. The highest BCUT2D eigenvalue weighted by Crippen LogP contribution is 2.06. The van der Waals surface area contributed by atoms with Gasteiger partial charge in [-0.25, -0.2) is 9.59 Å². The number of carboxylic acid groups (broad SMARTS) is 1. The van der Waals surface area contributed by atoms with Gasteiger partial charge in [0.15, 0.2) is 0 Å². The number of carboxylic acids is 1. The zero-order valence-corrected chi connectivity index (χ0v) is 9.30. The summed E-state index contributed by atoms with van der Waals surface area (Å²) in [4.78, 5) is 24.3. The Morgan fingerprint density at radius 3 is 2.50 bits per heavy atom. The molecule has 0 saturated heterocycles. The molecular formula is C8H14N4O4. The Labute approximate surface area is 92.2 Å². The fraction of sp³-hybridized carbons (Fsp3) is 0.750. The molecule has 1 atom stereocenters. The fourth-order valence-electron chi connectivity index (χ4n) is 0.753. The number of rotatable bonds is 4. The molecule has 0 aromatic carbocycles. The van der Waals surface area contributed by atoms with Gasteiger partial charge in [0.05, 0.1) is 6.54 Å². The zero-order chi connectivity index (χ0) is 12.8. The predicted octanol–water partition coefficient (Wildman–Crippen LogP) is 1.27. The minimum atomic E-state index is -1.29. The van der Waals surface area contributed by atoms with Crippen molar-refractivity contribution in [2.45, 2.75) is 32.4 Å². The number of aliphatic carboxylic acids is 1. The summed E-state index contributed by atoms with van der Waals surface area (Å²) in [5.41, 5.74) is 7.32. The average Bonchev–Trinajstić information content (AvgIpc) is 2.08. The first-order valence-electron chi connectivity index (χ1n) is 4.49. The van der Waals surface area contributed by atoms with Gasteiger partial charge >= 0.3 is 12.1 Å². The summed E-state index contributed by atoms with van der Waals surface area (Å²) in [5.74, 6) is -1.29. The summed E-state index contributed by atoms with van der Waals surface area (Å²) < 4.78 is 4.85. The van der Waals surface area contributed by atoms with E-state index in [4.69, 9.17) is 15.4 Å². The number of carbonyl (C=O) groups is 2. The number of alkyl carbamates (subject to hydrolysis) is 1. The molecule has 0 saturated carbocycles. The van der Waals surface area contributed by atoms with E-state index in [0.717, 1.165) is 0 Å². The third-order valence-electron chi connectivity index (χ3n) is 1.32. The van der Waals surface area contributed by atoms with Gasteiger partial charge in [-0.15, -0.1) is 0 Å². The van der Waals surface area contributed by atoms with E-state index in [1.165, 1.54) is 0 Å². The van der Waals surface area contributed by atoms with Crippen molar-refractivity contribution in [2.24, 2.45) is 5.11 Å². The summed E-state index contributed by atoms with van der Waals surface area (Å²) in [6, 6.07) is -1.29. The highest BCUT2D eigenvalue weighted by Gasteiger charge is 2.23. The van der Waals surface area contributed by atoms with Crippen LogP contribution < -0.4 is 5.32 Å². The first-order chi connectivity index (χ1) is 7.26. The summed E-state index contributed by atoms with van der Waals surface area (Å²) in [6.07, 6.45) is -0.868. The predicted molar refractivity (Wildman–Crippen MR) is 54.8 cm³/mol. The topological polar surface area (TPSA) is 124 Å². The summed E-state index contributed by atoms with van der Waals surface area (Å²) >= 11 is 0. The molecule has 0 heterocycles. The van der Waals surface area contributed by atoms with Gasteiger partial charge in [-0.1, -0.05) is 5.11 Å². The van der Waals surface area contributed by atoms with Crippen LogP contribution in [0.2, 0.25) is 0 Å². The van der Waals surface area contributed by atoms with Crippen LogP contribution in [-0.2, 0) is 9.53 Å². The fourth-order valence-corrected chi connectivity index (χ4v) is 0.753. The molecule has 0 bridgehead atoms. The first-order valence-corrected chi connectivity index (χ1v) is 4.49.